The number of anilines is 1. The van der Waals surface area contributed by atoms with E-state index in [1.165, 1.54) is 17.7 Å². The largest absolute Gasteiger partial charge is 0.375 e. The van der Waals surface area contributed by atoms with Gasteiger partial charge in [-0.05, 0) is 42.7 Å². The summed E-state index contributed by atoms with van der Waals surface area (Å²) in [7, 11) is 3.92. The van der Waals surface area contributed by atoms with Crippen LogP contribution in [0.5, 0.6) is 0 Å². The lowest BCUT2D eigenvalue weighted by Gasteiger charge is -2.33. The Labute approximate surface area is 153 Å². The summed E-state index contributed by atoms with van der Waals surface area (Å²) in [6, 6.07) is 10.2. The Morgan fingerprint density at radius 3 is 2.92 bits per heavy atom. The van der Waals surface area contributed by atoms with E-state index in [1.54, 1.807) is 23.2 Å². The Bertz CT molecular complexity index is 766. The predicted octanol–water partition coefficient (Wildman–Crippen LogP) is 2.76. The number of morpholine rings is 1. The molecule has 0 aliphatic carbocycles. The number of rotatable bonds is 5. The first-order valence-electron chi connectivity index (χ1n) is 8.82. The molecular weight excluding hydrogens is 333 g/mol. The molecule has 26 heavy (non-hydrogen) atoms. The van der Waals surface area contributed by atoms with E-state index in [9.17, 15) is 9.18 Å². The van der Waals surface area contributed by atoms with Gasteiger partial charge in [0.25, 0.3) is 5.91 Å². The van der Waals surface area contributed by atoms with Crippen LogP contribution in [-0.4, -0.2) is 55.7 Å². The third-order valence-corrected chi connectivity index (χ3v) is 4.55. The summed E-state index contributed by atoms with van der Waals surface area (Å²) in [4.78, 5) is 20.5. The highest BCUT2D eigenvalue weighted by atomic mass is 19.1. The van der Waals surface area contributed by atoms with Gasteiger partial charge >= 0.3 is 0 Å². The number of benzene rings is 1. The molecule has 0 N–H and O–H groups in total. The number of carbonyl (C=O) groups is 1. The summed E-state index contributed by atoms with van der Waals surface area (Å²) >= 11 is 0. The number of halogens is 1. The van der Waals surface area contributed by atoms with Crippen molar-refractivity contribution < 1.29 is 13.9 Å². The monoisotopic (exact) mass is 357 g/mol. The Balaban J connectivity index is 1.59. The van der Waals surface area contributed by atoms with Crippen LogP contribution >= 0.6 is 0 Å². The molecule has 0 saturated carbocycles. The van der Waals surface area contributed by atoms with Crippen LogP contribution in [0.2, 0.25) is 0 Å². The third kappa shape index (κ3) is 4.38. The zero-order valence-electron chi connectivity index (χ0n) is 15.2. The standard InChI is InChI=1S/C20H24FN3O2/c1-23(2)19-13-15(9-10-22-19)7-8-16-14-24(11-12-26-16)20(25)17-5-3-4-6-18(17)21/h3-6,9-10,13,16H,7-8,11-12,14H2,1-2H3. The highest BCUT2D eigenvalue weighted by molar-refractivity contribution is 5.94. The van der Waals surface area contributed by atoms with Crippen molar-refractivity contribution in [2.45, 2.75) is 18.9 Å². The fraction of sp³-hybridized carbons (Fsp3) is 0.400. The van der Waals surface area contributed by atoms with Gasteiger partial charge in [0.1, 0.15) is 11.6 Å². The van der Waals surface area contributed by atoms with Gasteiger partial charge < -0.3 is 14.5 Å². The zero-order valence-corrected chi connectivity index (χ0v) is 15.2. The first kappa shape index (κ1) is 18.3. The molecule has 1 atom stereocenters. The van der Waals surface area contributed by atoms with Crippen molar-refractivity contribution in [1.29, 1.82) is 0 Å². The summed E-state index contributed by atoms with van der Waals surface area (Å²) in [5.41, 5.74) is 1.31. The van der Waals surface area contributed by atoms with E-state index >= 15 is 0 Å². The molecule has 2 aromatic rings. The number of pyridine rings is 1. The maximum absolute atomic E-state index is 13.9. The van der Waals surface area contributed by atoms with Gasteiger partial charge in [-0.25, -0.2) is 9.37 Å². The van der Waals surface area contributed by atoms with E-state index in [0.717, 1.165) is 18.7 Å². The van der Waals surface area contributed by atoms with Crippen molar-refractivity contribution in [2.75, 3.05) is 38.7 Å². The minimum atomic E-state index is -0.478. The molecular formula is C20H24FN3O2. The molecule has 1 fully saturated rings. The molecule has 1 aromatic carbocycles. The van der Waals surface area contributed by atoms with Crippen LogP contribution in [0.15, 0.2) is 42.6 Å². The van der Waals surface area contributed by atoms with Gasteiger partial charge in [-0.3, -0.25) is 4.79 Å². The van der Waals surface area contributed by atoms with E-state index in [1.807, 2.05) is 25.1 Å². The van der Waals surface area contributed by atoms with Crippen molar-refractivity contribution in [3.05, 3.63) is 59.5 Å². The molecule has 5 nitrogen and oxygen atoms in total. The summed E-state index contributed by atoms with van der Waals surface area (Å²) in [6.45, 7) is 1.45. The van der Waals surface area contributed by atoms with Gasteiger partial charge in [0, 0.05) is 33.4 Å². The van der Waals surface area contributed by atoms with Gasteiger partial charge in [-0.15, -0.1) is 0 Å². The SMILES string of the molecule is CN(C)c1cc(CCC2CN(C(=O)c3ccccc3F)CCO2)ccn1. The number of hydrogen-bond donors (Lipinski definition) is 0. The molecule has 1 aliphatic heterocycles. The highest BCUT2D eigenvalue weighted by Gasteiger charge is 2.26. The zero-order chi connectivity index (χ0) is 18.5. The van der Waals surface area contributed by atoms with Crippen LogP contribution in [-0.2, 0) is 11.2 Å². The van der Waals surface area contributed by atoms with E-state index < -0.39 is 5.82 Å². The number of amides is 1. The van der Waals surface area contributed by atoms with Crippen molar-refractivity contribution in [3.8, 4) is 0 Å². The third-order valence-electron chi connectivity index (χ3n) is 4.55. The van der Waals surface area contributed by atoms with Crippen LogP contribution < -0.4 is 4.90 Å². The van der Waals surface area contributed by atoms with Gasteiger partial charge in [-0.1, -0.05) is 12.1 Å². The lowest BCUT2D eigenvalue weighted by molar-refractivity contribution is -0.0247. The first-order chi connectivity index (χ1) is 12.5. The second-order valence-electron chi connectivity index (χ2n) is 6.68. The lowest BCUT2D eigenvalue weighted by Crippen LogP contribution is -2.46. The fourth-order valence-electron chi connectivity index (χ4n) is 3.07. The number of nitrogens with zero attached hydrogens (tertiary/aromatic N) is 3. The van der Waals surface area contributed by atoms with E-state index in [0.29, 0.717) is 19.7 Å². The molecule has 1 unspecified atom stereocenters. The topological polar surface area (TPSA) is 45.7 Å². The molecule has 2 heterocycles. The molecule has 1 saturated heterocycles. The predicted molar refractivity (Wildman–Crippen MR) is 98.9 cm³/mol. The molecule has 1 aromatic heterocycles. The van der Waals surface area contributed by atoms with E-state index in [2.05, 4.69) is 11.1 Å². The molecule has 0 radical (unpaired) electrons. The molecule has 1 amide bonds. The molecule has 1 aliphatic rings. The first-order valence-corrected chi connectivity index (χ1v) is 8.82. The molecule has 138 valence electrons. The Hall–Kier alpha value is -2.47. The Morgan fingerprint density at radius 2 is 2.15 bits per heavy atom. The minimum Gasteiger partial charge on any atom is -0.375 e. The molecule has 3 rings (SSSR count). The highest BCUT2D eigenvalue weighted by Crippen LogP contribution is 2.18. The van der Waals surface area contributed by atoms with Crippen LogP contribution in [0, 0.1) is 5.82 Å². The Kier molecular flexibility index (Phi) is 5.83. The van der Waals surface area contributed by atoms with Gasteiger partial charge in [0.2, 0.25) is 0 Å². The van der Waals surface area contributed by atoms with E-state index in [4.69, 9.17) is 4.74 Å². The second kappa shape index (κ2) is 8.27. The number of hydrogen-bond acceptors (Lipinski definition) is 4. The maximum atomic E-state index is 13.9. The number of ether oxygens (including phenoxy) is 1. The smallest absolute Gasteiger partial charge is 0.256 e. The van der Waals surface area contributed by atoms with Gasteiger partial charge in [-0.2, -0.15) is 0 Å². The quantitative estimate of drug-likeness (QED) is 0.825. The fourth-order valence-corrected chi connectivity index (χ4v) is 3.07. The molecule has 0 bridgehead atoms. The van der Waals surface area contributed by atoms with Crippen molar-refractivity contribution in [3.63, 3.8) is 0 Å². The van der Waals surface area contributed by atoms with Crippen molar-refractivity contribution in [2.24, 2.45) is 0 Å². The number of carbonyl (C=O) groups excluding carboxylic acids is 1. The van der Waals surface area contributed by atoms with Gasteiger partial charge in [0.15, 0.2) is 0 Å². The Morgan fingerprint density at radius 1 is 1.35 bits per heavy atom. The summed E-state index contributed by atoms with van der Waals surface area (Å²) in [5.74, 6) is 0.173. The average Bonchev–Trinajstić information content (AvgIpc) is 2.67. The normalized spacial score (nSPS) is 17.2. The van der Waals surface area contributed by atoms with Gasteiger partial charge in [0.05, 0.1) is 18.3 Å². The lowest BCUT2D eigenvalue weighted by atomic mass is 10.1. The maximum Gasteiger partial charge on any atom is 0.256 e. The molecule has 6 heteroatoms. The second-order valence-corrected chi connectivity index (χ2v) is 6.68. The van der Waals surface area contributed by atoms with Crippen LogP contribution in [0.3, 0.4) is 0 Å². The van der Waals surface area contributed by atoms with Crippen LogP contribution in [0.1, 0.15) is 22.3 Å². The number of aromatic nitrogens is 1. The minimum absolute atomic E-state index is 0.0459. The van der Waals surface area contributed by atoms with Crippen LogP contribution in [0.4, 0.5) is 10.2 Å². The van der Waals surface area contributed by atoms with Crippen molar-refractivity contribution in [1.82, 2.24) is 9.88 Å². The van der Waals surface area contributed by atoms with Crippen LogP contribution in [0.25, 0.3) is 0 Å². The average molecular weight is 357 g/mol. The van der Waals surface area contributed by atoms with Crippen molar-refractivity contribution >= 4 is 11.7 Å². The summed E-state index contributed by atoms with van der Waals surface area (Å²) in [5, 5.41) is 0. The van der Waals surface area contributed by atoms with E-state index in [-0.39, 0.29) is 17.6 Å². The summed E-state index contributed by atoms with van der Waals surface area (Å²) < 4.78 is 19.7. The molecule has 0 spiro atoms. The summed E-state index contributed by atoms with van der Waals surface area (Å²) in [6.07, 6.45) is 3.41. The number of aryl methyl sites for hydroxylation is 1.